The van der Waals surface area contributed by atoms with Crippen molar-refractivity contribution < 1.29 is 24.5 Å². The normalized spacial score (nSPS) is 21.0. The Bertz CT molecular complexity index is 1500. The van der Waals surface area contributed by atoms with Gasteiger partial charge < -0.3 is 30.3 Å². The zero-order valence-electron chi connectivity index (χ0n) is 26.8. The quantitative estimate of drug-likeness (QED) is 0.154. The van der Waals surface area contributed by atoms with Crippen LogP contribution in [0.15, 0.2) is 109 Å². The third kappa shape index (κ3) is 8.60. The third-order valence-corrected chi connectivity index (χ3v) is 8.89. The minimum absolute atomic E-state index is 0.0117. The zero-order valence-corrected chi connectivity index (χ0v) is 26.8. The molecule has 0 aromatic heterocycles. The molecule has 0 saturated carbocycles. The Hall–Kier alpha value is -4.05. The molecular formula is C38H45N3O5. The van der Waals surface area contributed by atoms with Crippen LogP contribution in [0.4, 0.5) is 4.79 Å². The molecule has 1 aliphatic rings. The number of amides is 2. The largest absolute Gasteiger partial charge is 0.392 e. The van der Waals surface area contributed by atoms with Crippen LogP contribution < -0.4 is 10.6 Å². The Kier molecular flexibility index (Phi) is 11.6. The molecule has 0 aliphatic carbocycles. The first-order chi connectivity index (χ1) is 22.3. The minimum atomic E-state index is -0.638. The number of aliphatic hydroxyl groups excluding tert-OH is 2. The maximum absolute atomic E-state index is 12.3. The first kappa shape index (κ1) is 33.3. The molecule has 0 radical (unpaired) electrons. The van der Waals surface area contributed by atoms with Gasteiger partial charge in [0.25, 0.3) is 0 Å². The molecule has 0 bridgehead atoms. The molecule has 1 saturated heterocycles. The number of rotatable bonds is 12. The average molecular weight is 624 g/mol. The molecule has 8 heteroatoms. The van der Waals surface area contributed by atoms with E-state index in [2.05, 4.69) is 22.5 Å². The number of carbonyl (C=O) groups is 1. The second-order valence-electron chi connectivity index (χ2n) is 12.1. The maximum atomic E-state index is 12.3. The Morgan fingerprint density at radius 3 is 1.93 bits per heavy atom. The van der Waals surface area contributed by atoms with E-state index in [1.165, 1.54) is 0 Å². The monoisotopic (exact) mass is 623 g/mol. The highest BCUT2D eigenvalue weighted by molar-refractivity contribution is 5.73. The molecule has 2 amide bonds. The van der Waals surface area contributed by atoms with Crippen LogP contribution in [0.1, 0.15) is 65.7 Å². The van der Waals surface area contributed by atoms with E-state index in [4.69, 9.17) is 9.47 Å². The van der Waals surface area contributed by atoms with Crippen molar-refractivity contribution in [3.05, 3.63) is 143 Å². The second kappa shape index (κ2) is 16.0. The van der Waals surface area contributed by atoms with E-state index in [0.29, 0.717) is 19.6 Å². The van der Waals surface area contributed by atoms with Crippen LogP contribution >= 0.6 is 0 Å². The van der Waals surface area contributed by atoms with Crippen molar-refractivity contribution in [1.29, 1.82) is 0 Å². The first-order valence-corrected chi connectivity index (χ1v) is 15.9. The molecule has 1 aliphatic heterocycles. The molecular weight excluding hydrogens is 578 g/mol. The fourth-order valence-corrected chi connectivity index (χ4v) is 5.76. The molecule has 6 atom stereocenters. The van der Waals surface area contributed by atoms with E-state index in [1.807, 2.05) is 123 Å². The Morgan fingerprint density at radius 2 is 1.33 bits per heavy atom. The van der Waals surface area contributed by atoms with Crippen molar-refractivity contribution >= 4 is 6.03 Å². The standard InChI is InChI=1S/C38H45N3O5/c1-26-34(24-41(3)27(2)35(43)31-12-8-5-9-13-31)45-37(46-36(26)32-18-16-30(25-42)17-19-32)33-20-14-29(15-21-33)23-40-38(44)39-22-28-10-6-4-7-11-28/h4-21,26-27,34-37,42-43H,22-25H2,1-3H3,(H2,39,40,44)/t26-,27+,34+,35+,36+,37+/m1/s1. The fraction of sp³-hybridized carbons (Fsp3) is 0.342. The minimum Gasteiger partial charge on any atom is -0.392 e. The summed E-state index contributed by atoms with van der Waals surface area (Å²) in [6.07, 6.45) is -1.68. The van der Waals surface area contributed by atoms with Crippen molar-refractivity contribution in [2.45, 2.75) is 64.2 Å². The molecule has 46 heavy (non-hydrogen) atoms. The van der Waals surface area contributed by atoms with E-state index >= 15 is 0 Å². The summed E-state index contributed by atoms with van der Waals surface area (Å²) in [6, 6.07) is 34.9. The number of ether oxygens (including phenoxy) is 2. The molecule has 0 unspecified atom stereocenters. The molecule has 0 spiro atoms. The van der Waals surface area contributed by atoms with Gasteiger partial charge in [-0.2, -0.15) is 0 Å². The molecule has 8 nitrogen and oxygen atoms in total. The van der Waals surface area contributed by atoms with Crippen LogP contribution in [-0.2, 0) is 29.2 Å². The number of nitrogens with one attached hydrogen (secondary N) is 2. The van der Waals surface area contributed by atoms with E-state index in [9.17, 15) is 15.0 Å². The second-order valence-corrected chi connectivity index (χ2v) is 12.1. The predicted octanol–water partition coefficient (Wildman–Crippen LogP) is 6.02. The van der Waals surface area contributed by atoms with Gasteiger partial charge in [0, 0.05) is 37.2 Å². The number of likely N-dealkylation sites (N-methyl/N-ethyl adjacent to an activating group) is 1. The zero-order chi connectivity index (χ0) is 32.5. The van der Waals surface area contributed by atoms with Gasteiger partial charge in [-0.15, -0.1) is 0 Å². The van der Waals surface area contributed by atoms with Crippen LogP contribution in [-0.4, -0.2) is 46.9 Å². The fourth-order valence-electron chi connectivity index (χ4n) is 5.76. The van der Waals surface area contributed by atoms with Crippen LogP contribution in [0.5, 0.6) is 0 Å². The van der Waals surface area contributed by atoms with Gasteiger partial charge >= 0.3 is 6.03 Å². The van der Waals surface area contributed by atoms with Gasteiger partial charge in [0.1, 0.15) is 0 Å². The molecule has 1 heterocycles. The van der Waals surface area contributed by atoms with Crippen LogP contribution in [0.2, 0.25) is 0 Å². The van der Waals surface area contributed by atoms with E-state index < -0.39 is 12.4 Å². The number of aliphatic hydroxyl groups is 2. The maximum Gasteiger partial charge on any atom is 0.315 e. The van der Waals surface area contributed by atoms with Crippen LogP contribution in [0, 0.1) is 5.92 Å². The third-order valence-electron chi connectivity index (χ3n) is 8.89. The summed E-state index contributed by atoms with van der Waals surface area (Å²) >= 11 is 0. The smallest absolute Gasteiger partial charge is 0.315 e. The van der Waals surface area contributed by atoms with Gasteiger partial charge in [0.05, 0.1) is 24.9 Å². The highest BCUT2D eigenvalue weighted by Crippen LogP contribution is 2.42. The summed E-state index contributed by atoms with van der Waals surface area (Å²) in [5, 5.41) is 26.5. The van der Waals surface area contributed by atoms with Crippen molar-refractivity contribution in [1.82, 2.24) is 15.5 Å². The van der Waals surface area contributed by atoms with E-state index in [-0.39, 0.29) is 36.8 Å². The van der Waals surface area contributed by atoms with Gasteiger partial charge in [-0.1, -0.05) is 116 Å². The van der Waals surface area contributed by atoms with Crippen LogP contribution in [0.3, 0.4) is 0 Å². The number of nitrogens with zero attached hydrogens (tertiary/aromatic N) is 1. The summed E-state index contributed by atoms with van der Waals surface area (Å²) in [5.41, 5.74) is 5.62. The lowest BCUT2D eigenvalue weighted by molar-refractivity contribution is -0.276. The lowest BCUT2D eigenvalue weighted by Gasteiger charge is -2.43. The Labute approximate surface area is 272 Å². The van der Waals surface area contributed by atoms with Gasteiger partial charge in [-0.25, -0.2) is 4.79 Å². The lowest BCUT2D eigenvalue weighted by Crippen LogP contribution is -2.46. The summed E-state index contributed by atoms with van der Waals surface area (Å²) in [5.74, 6) is 0.0117. The summed E-state index contributed by atoms with van der Waals surface area (Å²) in [7, 11) is 2.01. The molecule has 4 aromatic carbocycles. The number of urea groups is 1. The number of hydrogen-bond acceptors (Lipinski definition) is 6. The molecule has 4 N–H and O–H groups in total. The SMILES string of the molecule is C[C@@H]1[C@H](CN(C)[C@@H](C)[C@H](O)c2ccccc2)O[C@H](c2ccc(CNC(=O)NCc3ccccc3)cc2)O[C@@H]1c1ccc(CO)cc1. The van der Waals surface area contributed by atoms with Crippen LogP contribution in [0.25, 0.3) is 0 Å². The van der Waals surface area contributed by atoms with Gasteiger partial charge in [-0.3, -0.25) is 4.90 Å². The first-order valence-electron chi connectivity index (χ1n) is 15.9. The summed E-state index contributed by atoms with van der Waals surface area (Å²) in [6.45, 7) is 5.59. The van der Waals surface area contributed by atoms with Gasteiger partial charge in [0.2, 0.25) is 0 Å². The highest BCUT2D eigenvalue weighted by Gasteiger charge is 2.39. The van der Waals surface area contributed by atoms with Gasteiger partial charge in [0.15, 0.2) is 6.29 Å². The Balaban J connectivity index is 1.26. The molecule has 242 valence electrons. The summed E-state index contributed by atoms with van der Waals surface area (Å²) in [4.78, 5) is 14.5. The highest BCUT2D eigenvalue weighted by atomic mass is 16.7. The number of hydrogen-bond donors (Lipinski definition) is 4. The van der Waals surface area contributed by atoms with Gasteiger partial charge in [-0.05, 0) is 41.8 Å². The predicted molar refractivity (Wildman–Crippen MR) is 178 cm³/mol. The Morgan fingerprint density at radius 1 is 0.783 bits per heavy atom. The number of carbonyl (C=O) groups excluding carboxylic acids is 1. The molecule has 1 fully saturated rings. The van der Waals surface area contributed by atoms with Crippen molar-refractivity contribution in [2.75, 3.05) is 13.6 Å². The van der Waals surface area contributed by atoms with E-state index in [1.54, 1.807) is 0 Å². The van der Waals surface area contributed by atoms with Crippen molar-refractivity contribution in [3.63, 3.8) is 0 Å². The van der Waals surface area contributed by atoms with Crippen molar-refractivity contribution in [3.8, 4) is 0 Å². The van der Waals surface area contributed by atoms with E-state index in [0.717, 1.165) is 33.4 Å². The number of benzene rings is 4. The summed E-state index contributed by atoms with van der Waals surface area (Å²) < 4.78 is 13.2. The van der Waals surface area contributed by atoms with Crippen molar-refractivity contribution in [2.24, 2.45) is 5.92 Å². The molecule has 5 rings (SSSR count). The topological polar surface area (TPSA) is 103 Å². The molecule has 4 aromatic rings. The lowest BCUT2D eigenvalue weighted by atomic mass is 9.89. The average Bonchev–Trinajstić information content (AvgIpc) is 3.11.